The van der Waals surface area contributed by atoms with Gasteiger partial charge in [-0.1, -0.05) is 6.07 Å². The number of ketones is 1. The largest absolute Gasteiger partial charge is 0.504 e. The molecule has 1 aromatic rings. The molecule has 0 atom stereocenters. The zero-order chi connectivity index (χ0) is 12.1. The normalized spacial score (nSPS) is 10.5. The molecule has 0 heterocycles. The number of alkyl halides is 3. The van der Waals surface area contributed by atoms with Crippen molar-refractivity contribution in [2.75, 3.05) is 5.88 Å². The molecule has 0 fully saturated rings. The molecule has 0 aromatic heterocycles. The van der Waals surface area contributed by atoms with Gasteiger partial charge >= 0.3 is 6.61 Å². The highest BCUT2D eigenvalue weighted by atomic mass is 35.5. The Bertz CT molecular complexity index is 382. The predicted octanol–water partition coefficient (Wildman–Crippen LogP) is 2.34. The fourth-order valence-electron chi connectivity index (χ4n) is 1.14. The van der Waals surface area contributed by atoms with Gasteiger partial charge in [0, 0.05) is 6.42 Å². The number of Topliss-reactive ketones (excluding diaryl/α,β-unsaturated/α-hetero) is 1. The molecule has 0 saturated carbocycles. The molecular formula is C10H9ClF2O3. The maximum absolute atomic E-state index is 11.9. The van der Waals surface area contributed by atoms with E-state index in [-0.39, 0.29) is 23.8 Å². The first kappa shape index (κ1) is 12.7. The summed E-state index contributed by atoms with van der Waals surface area (Å²) in [6.07, 6.45) is 0.0476. The van der Waals surface area contributed by atoms with Gasteiger partial charge in [-0.2, -0.15) is 8.78 Å². The summed E-state index contributed by atoms with van der Waals surface area (Å²) < 4.78 is 27.8. The lowest BCUT2D eigenvalue weighted by molar-refractivity contribution is -0.116. The number of carbonyl (C=O) groups is 1. The summed E-state index contributed by atoms with van der Waals surface area (Å²) in [5.41, 5.74) is 0.491. The van der Waals surface area contributed by atoms with E-state index in [9.17, 15) is 18.7 Å². The van der Waals surface area contributed by atoms with E-state index in [0.717, 1.165) is 0 Å². The van der Waals surface area contributed by atoms with Gasteiger partial charge in [-0.3, -0.25) is 4.79 Å². The summed E-state index contributed by atoms with van der Waals surface area (Å²) >= 11 is 5.31. The van der Waals surface area contributed by atoms with E-state index in [1.165, 1.54) is 18.2 Å². The Hall–Kier alpha value is -1.36. The number of hydrogen-bond donors (Lipinski definition) is 1. The smallest absolute Gasteiger partial charge is 0.387 e. The monoisotopic (exact) mass is 250 g/mol. The van der Waals surface area contributed by atoms with Gasteiger partial charge in [0.05, 0.1) is 5.88 Å². The van der Waals surface area contributed by atoms with Gasteiger partial charge in [0.25, 0.3) is 0 Å². The molecule has 0 saturated heterocycles. The van der Waals surface area contributed by atoms with Crippen LogP contribution in [0.3, 0.4) is 0 Å². The molecule has 1 N–H and O–H groups in total. The second-order valence-corrected chi connectivity index (χ2v) is 3.30. The molecule has 0 aliphatic heterocycles. The molecule has 1 aromatic carbocycles. The van der Waals surface area contributed by atoms with Crippen LogP contribution >= 0.6 is 11.6 Å². The summed E-state index contributed by atoms with van der Waals surface area (Å²) in [5.74, 6) is -1.10. The van der Waals surface area contributed by atoms with Crippen molar-refractivity contribution in [3.63, 3.8) is 0 Å². The number of benzene rings is 1. The number of phenols is 1. The second-order valence-electron chi connectivity index (χ2n) is 3.03. The maximum Gasteiger partial charge on any atom is 0.387 e. The lowest BCUT2D eigenvalue weighted by atomic mass is 10.1. The van der Waals surface area contributed by atoms with E-state index in [1.54, 1.807) is 0 Å². The molecule has 0 radical (unpaired) electrons. The number of phenolic OH excluding ortho intramolecular Hbond substituents is 1. The lowest BCUT2D eigenvalue weighted by Gasteiger charge is -2.07. The Kier molecular flexibility index (Phi) is 4.49. The van der Waals surface area contributed by atoms with Crippen LogP contribution in [0.1, 0.15) is 5.56 Å². The first-order valence-corrected chi connectivity index (χ1v) is 4.90. The number of hydrogen-bond acceptors (Lipinski definition) is 3. The summed E-state index contributed by atoms with van der Waals surface area (Å²) in [7, 11) is 0. The molecule has 1 rings (SSSR count). The van der Waals surface area contributed by atoms with Crippen LogP contribution in [0.4, 0.5) is 8.78 Å². The first-order chi connectivity index (χ1) is 7.52. The van der Waals surface area contributed by atoms with Gasteiger partial charge in [0.2, 0.25) is 0 Å². The number of halogens is 3. The maximum atomic E-state index is 11.9. The third-order valence-electron chi connectivity index (χ3n) is 1.79. The zero-order valence-corrected chi connectivity index (χ0v) is 8.88. The van der Waals surface area contributed by atoms with E-state index in [4.69, 9.17) is 11.6 Å². The minimum Gasteiger partial charge on any atom is -0.504 e. The molecule has 6 heteroatoms. The highest BCUT2D eigenvalue weighted by Gasteiger charge is 2.10. The summed E-state index contributed by atoms with van der Waals surface area (Å²) in [6.45, 7) is -3.00. The van der Waals surface area contributed by atoms with E-state index in [2.05, 4.69) is 4.74 Å². The molecule has 0 aliphatic rings. The van der Waals surface area contributed by atoms with Gasteiger partial charge in [-0.25, -0.2) is 0 Å². The summed E-state index contributed by atoms with van der Waals surface area (Å²) in [5, 5.41) is 9.32. The molecule has 16 heavy (non-hydrogen) atoms. The average Bonchev–Trinajstić information content (AvgIpc) is 2.21. The van der Waals surface area contributed by atoms with Crippen LogP contribution in [0.5, 0.6) is 11.5 Å². The van der Waals surface area contributed by atoms with Crippen molar-refractivity contribution >= 4 is 17.4 Å². The Labute approximate surface area is 95.6 Å². The van der Waals surface area contributed by atoms with Crippen LogP contribution in [-0.4, -0.2) is 23.4 Å². The van der Waals surface area contributed by atoms with Crippen molar-refractivity contribution in [2.24, 2.45) is 0 Å². The average molecular weight is 251 g/mol. The van der Waals surface area contributed by atoms with Crippen molar-refractivity contribution in [1.82, 2.24) is 0 Å². The van der Waals surface area contributed by atoms with Crippen molar-refractivity contribution in [1.29, 1.82) is 0 Å². The molecule has 0 unspecified atom stereocenters. The Morgan fingerprint density at radius 2 is 2.19 bits per heavy atom. The number of carbonyl (C=O) groups excluding carboxylic acids is 1. The molecule has 3 nitrogen and oxygen atoms in total. The Morgan fingerprint density at radius 1 is 1.50 bits per heavy atom. The number of ether oxygens (including phenoxy) is 1. The van der Waals surface area contributed by atoms with Crippen LogP contribution in [0, 0.1) is 0 Å². The fourth-order valence-corrected chi connectivity index (χ4v) is 1.24. The van der Waals surface area contributed by atoms with Gasteiger partial charge in [0.1, 0.15) is 0 Å². The minimum absolute atomic E-state index is 0.0476. The minimum atomic E-state index is -3.00. The molecule has 0 aliphatic carbocycles. The SMILES string of the molecule is O=C(CCl)Cc1ccc(OC(F)F)c(O)c1. The third kappa shape index (κ3) is 3.66. The lowest BCUT2D eigenvalue weighted by Crippen LogP contribution is -2.05. The fraction of sp³-hybridized carbons (Fsp3) is 0.300. The first-order valence-electron chi connectivity index (χ1n) is 4.37. The van der Waals surface area contributed by atoms with E-state index in [0.29, 0.717) is 5.56 Å². The molecule has 0 amide bonds. The summed E-state index contributed by atoms with van der Waals surface area (Å²) in [6, 6.07) is 3.79. The highest BCUT2D eigenvalue weighted by molar-refractivity contribution is 6.27. The standard InChI is InChI=1S/C10H9ClF2O3/c11-5-7(14)3-6-1-2-9(8(15)4-6)16-10(12)13/h1-2,4,10,15H,3,5H2. The number of aromatic hydroxyl groups is 1. The molecular weight excluding hydrogens is 242 g/mol. The van der Waals surface area contributed by atoms with Crippen molar-refractivity contribution in [3.05, 3.63) is 23.8 Å². The topological polar surface area (TPSA) is 46.5 Å². The van der Waals surface area contributed by atoms with Crippen molar-refractivity contribution in [2.45, 2.75) is 13.0 Å². The van der Waals surface area contributed by atoms with E-state index >= 15 is 0 Å². The van der Waals surface area contributed by atoms with Gasteiger partial charge in [-0.15, -0.1) is 11.6 Å². The van der Waals surface area contributed by atoms with Gasteiger partial charge in [-0.05, 0) is 17.7 Å². The van der Waals surface area contributed by atoms with Crippen LogP contribution in [0.2, 0.25) is 0 Å². The molecule has 88 valence electrons. The van der Waals surface area contributed by atoms with Gasteiger partial charge in [0.15, 0.2) is 17.3 Å². The van der Waals surface area contributed by atoms with E-state index < -0.39 is 12.4 Å². The Morgan fingerprint density at radius 3 is 2.69 bits per heavy atom. The van der Waals surface area contributed by atoms with Crippen LogP contribution < -0.4 is 4.74 Å². The van der Waals surface area contributed by atoms with Crippen LogP contribution in [0.25, 0.3) is 0 Å². The highest BCUT2D eigenvalue weighted by Crippen LogP contribution is 2.28. The number of rotatable bonds is 5. The van der Waals surface area contributed by atoms with Crippen molar-refractivity contribution < 1.29 is 23.4 Å². The zero-order valence-electron chi connectivity index (χ0n) is 8.12. The summed E-state index contributed by atoms with van der Waals surface area (Å²) in [4.78, 5) is 11.0. The van der Waals surface area contributed by atoms with Gasteiger partial charge < -0.3 is 9.84 Å². The van der Waals surface area contributed by atoms with Crippen LogP contribution in [0.15, 0.2) is 18.2 Å². The molecule has 0 bridgehead atoms. The second kappa shape index (κ2) is 5.65. The van der Waals surface area contributed by atoms with Crippen LogP contribution in [-0.2, 0) is 11.2 Å². The van der Waals surface area contributed by atoms with Crippen molar-refractivity contribution in [3.8, 4) is 11.5 Å². The quantitative estimate of drug-likeness (QED) is 0.816. The van der Waals surface area contributed by atoms with E-state index in [1.807, 2.05) is 0 Å². The Balaban J connectivity index is 2.78. The predicted molar refractivity (Wildman–Crippen MR) is 54.2 cm³/mol. The molecule has 0 spiro atoms. The third-order valence-corrected chi connectivity index (χ3v) is 2.09.